The predicted octanol–water partition coefficient (Wildman–Crippen LogP) is 2.67. The van der Waals surface area contributed by atoms with Crippen LogP contribution in [0.2, 0.25) is 0 Å². The fourth-order valence-electron chi connectivity index (χ4n) is 3.55. The van der Waals surface area contributed by atoms with E-state index in [0.29, 0.717) is 0 Å². The van der Waals surface area contributed by atoms with Gasteiger partial charge in [0.05, 0.1) is 0 Å². The summed E-state index contributed by atoms with van der Waals surface area (Å²) in [4.78, 5) is 0. The van der Waals surface area contributed by atoms with Gasteiger partial charge in [-0.15, -0.1) is 0 Å². The summed E-state index contributed by atoms with van der Waals surface area (Å²) in [5.41, 5.74) is 0.773. The highest BCUT2D eigenvalue weighted by molar-refractivity contribution is 5.07. The molecule has 0 heterocycles. The van der Waals surface area contributed by atoms with E-state index in [2.05, 4.69) is 26.2 Å². The van der Waals surface area contributed by atoms with Crippen molar-refractivity contribution < 1.29 is 0 Å². The molecule has 2 aliphatic carbocycles. The average molecular weight is 181 g/mol. The van der Waals surface area contributed by atoms with E-state index in [1.165, 1.54) is 32.2 Å². The summed E-state index contributed by atoms with van der Waals surface area (Å²) in [7, 11) is 2.09. The van der Waals surface area contributed by atoms with Crippen molar-refractivity contribution in [1.82, 2.24) is 5.32 Å². The smallest absolute Gasteiger partial charge is 0.00179 e. The van der Waals surface area contributed by atoms with Gasteiger partial charge in [-0.2, -0.15) is 0 Å². The van der Waals surface area contributed by atoms with Crippen molar-refractivity contribution in [1.29, 1.82) is 0 Å². The molecule has 0 bridgehead atoms. The van der Waals surface area contributed by atoms with Crippen molar-refractivity contribution in [3.8, 4) is 0 Å². The molecule has 1 spiro atoms. The Morgan fingerprint density at radius 3 is 2.77 bits per heavy atom. The van der Waals surface area contributed by atoms with Crippen LogP contribution in [0.5, 0.6) is 0 Å². The zero-order valence-corrected chi connectivity index (χ0v) is 9.27. The summed E-state index contributed by atoms with van der Waals surface area (Å²) in [5, 5.41) is 3.33. The largest absolute Gasteiger partial charge is 0.319 e. The van der Waals surface area contributed by atoms with Crippen LogP contribution in [0.15, 0.2) is 0 Å². The van der Waals surface area contributed by atoms with E-state index in [-0.39, 0.29) is 0 Å². The monoisotopic (exact) mass is 181 g/mol. The van der Waals surface area contributed by atoms with Crippen LogP contribution in [0.25, 0.3) is 0 Å². The lowest BCUT2D eigenvalue weighted by atomic mass is 9.72. The highest BCUT2D eigenvalue weighted by atomic mass is 14.8. The van der Waals surface area contributed by atoms with E-state index in [0.717, 1.165) is 23.2 Å². The Morgan fingerprint density at radius 1 is 1.38 bits per heavy atom. The number of rotatable bonds is 2. The van der Waals surface area contributed by atoms with E-state index in [4.69, 9.17) is 0 Å². The topological polar surface area (TPSA) is 12.0 Å². The quantitative estimate of drug-likeness (QED) is 0.690. The summed E-state index contributed by atoms with van der Waals surface area (Å²) in [6.07, 6.45) is 5.95. The first-order chi connectivity index (χ1) is 6.19. The lowest BCUT2D eigenvalue weighted by molar-refractivity contribution is 0.166. The fraction of sp³-hybridized carbons (Fsp3) is 1.00. The molecule has 1 N–H and O–H groups in total. The zero-order chi connectivity index (χ0) is 9.47. The zero-order valence-electron chi connectivity index (χ0n) is 9.27. The van der Waals surface area contributed by atoms with E-state index < -0.39 is 0 Å². The van der Waals surface area contributed by atoms with E-state index in [1.807, 2.05) is 0 Å². The summed E-state index contributed by atoms with van der Waals surface area (Å²) in [6.45, 7) is 6.14. The van der Waals surface area contributed by atoms with E-state index in [1.54, 1.807) is 0 Å². The van der Waals surface area contributed by atoms with E-state index in [9.17, 15) is 0 Å². The molecule has 0 aromatic carbocycles. The van der Waals surface area contributed by atoms with E-state index >= 15 is 0 Å². The van der Waals surface area contributed by atoms with Crippen LogP contribution in [0.4, 0.5) is 0 Å². The Bertz CT molecular complexity index is 190. The Hall–Kier alpha value is -0.0400. The van der Waals surface area contributed by atoms with Crippen molar-refractivity contribution in [2.24, 2.45) is 23.2 Å². The van der Waals surface area contributed by atoms with Crippen LogP contribution < -0.4 is 5.32 Å². The van der Waals surface area contributed by atoms with Gasteiger partial charge in [0.2, 0.25) is 0 Å². The van der Waals surface area contributed by atoms with Crippen LogP contribution in [0.1, 0.15) is 39.5 Å². The lowest BCUT2D eigenvalue weighted by Crippen LogP contribution is -2.27. The molecule has 1 nitrogen and oxygen atoms in total. The molecular formula is C12H23N. The maximum atomic E-state index is 3.33. The first kappa shape index (κ1) is 9.51. The lowest BCUT2D eigenvalue weighted by Gasteiger charge is -2.34. The molecule has 2 fully saturated rings. The molecule has 2 rings (SSSR count). The van der Waals surface area contributed by atoms with Gasteiger partial charge in [0.1, 0.15) is 0 Å². The second-order valence-electron chi connectivity index (χ2n) is 5.47. The predicted molar refractivity (Wildman–Crippen MR) is 56.6 cm³/mol. The first-order valence-electron chi connectivity index (χ1n) is 5.83. The maximum absolute atomic E-state index is 3.33. The highest BCUT2D eigenvalue weighted by Gasteiger charge is 2.57. The van der Waals surface area contributed by atoms with Gasteiger partial charge in [-0.25, -0.2) is 0 Å². The molecule has 0 saturated heterocycles. The van der Waals surface area contributed by atoms with Gasteiger partial charge in [0.25, 0.3) is 0 Å². The molecule has 0 aliphatic heterocycles. The van der Waals surface area contributed by atoms with Crippen LogP contribution in [-0.4, -0.2) is 13.6 Å². The molecule has 2 saturated carbocycles. The van der Waals surface area contributed by atoms with Gasteiger partial charge >= 0.3 is 0 Å². The Balaban J connectivity index is 1.94. The minimum absolute atomic E-state index is 0.773. The standard InChI is InChI=1S/C12H23N/c1-9-4-5-12(10(2)6-9)7-11(12)8-13-3/h9-11,13H,4-8H2,1-3H3. The second-order valence-corrected chi connectivity index (χ2v) is 5.47. The molecular weight excluding hydrogens is 158 g/mol. The molecule has 4 unspecified atom stereocenters. The molecule has 0 amide bonds. The minimum Gasteiger partial charge on any atom is -0.319 e. The van der Waals surface area contributed by atoms with Gasteiger partial charge in [-0.1, -0.05) is 20.3 Å². The normalized spacial score (nSPS) is 49.6. The highest BCUT2D eigenvalue weighted by Crippen LogP contribution is 2.64. The molecule has 13 heavy (non-hydrogen) atoms. The summed E-state index contributed by atoms with van der Waals surface area (Å²) in [6, 6.07) is 0. The van der Waals surface area contributed by atoms with Gasteiger partial charge in [-0.3, -0.25) is 0 Å². The third-order valence-electron chi connectivity index (χ3n) is 4.57. The average Bonchev–Trinajstić information content (AvgIpc) is 2.75. The molecule has 76 valence electrons. The second kappa shape index (κ2) is 3.27. The molecule has 0 aromatic rings. The third kappa shape index (κ3) is 1.52. The first-order valence-corrected chi connectivity index (χ1v) is 5.83. The molecule has 0 radical (unpaired) electrons. The summed E-state index contributed by atoms with van der Waals surface area (Å²) in [5.74, 6) is 2.96. The number of nitrogens with one attached hydrogen (secondary N) is 1. The van der Waals surface area contributed by atoms with Crippen LogP contribution >= 0.6 is 0 Å². The molecule has 2 aliphatic rings. The number of hydrogen-bond donors (Lipinski definition) is 1. The Morgan fingerprint density at radius 2 is 2.15 bits per heavy atom. The van der Waals surface area contributed by atoms with Crippen molar-refractivity contribution in [2.75, 3.05) is 13.6 Å². The van der Waals surface area contributed by atoms with Crippen molar-refractivity contribution >= 4 is 0 Å². The van der Waals surface area contributed by atoms with Gasteiger partial charge in [0.15, 0.2) is 0 Å². The summed E-state index contributed by atoms with van der Waals surface area (Å²) < 4.78 is 0. The minimum atomic E-state index is 0.773. The van der Waals surface area contributed by atoms with Gasteiger partial charge < -0.3 is 5.32 Å². The SMILES string of the molecule is CNCC1CC12CCC(C)CC2C. The van der Waals surface area contributed by atoms with Crippen molar-refractivity contribution in [3.05, 3.63) is 0 Å². The Kier molecular flexibility index (Phi) is 2.39. The van der Waals surface area contributed by atoms with Crippen LogP contribution in [0, 0.1) is 23.2 Å². The van der Waals surface area contributed by atoms with Gasteiger partial charge in [-0.05, 0) is 56.0 Å². The van der Waals surface area contributed by atoms with Crippen LogP contribution in [0.3, 0.4) is 0 Å². The van der Waals surface area contributed by atoms with Gasteiger partial charge in [0, 0.05) is 0 Å². The molecule has 0 aromatic heterocycles. The molecule has 4 atom stereocenters. The van der Waals surface area contributed by atoms with Crippen molar-refractivity contribution in [2.45, 2.75) is 39.5 Å². The Labute approximate surface area is 82.3 Å². The fourth-order valence-corrected chi connectivity index (χ4v) is 3.55. The maximum Gasteiger partial charge on any atom is -0.00179 e. The van der Waals surface area contributed by atoms with Crippen molar-refractivity contribution in [3.63, 3.8) is 0 Å². The number of hydrogen-bond acceptors (Lipinski definition) is 1. The molecule has 1 heteroatoms. The summed E-state index contributed by atoms with van der Waals surface area (Å²) >= 11 is 0. The third-order valence-corrected chi connectivity index (χ3v) is 4.57. The van der Waals surface area contributed by atoms with Crippen LogP contribution in [-0.2, 0) is 0 Å².